The van der Waals surface area contributed by atoms with Gasteiger partial charge in [-0.2, -0.15) is 0 Å². The average Bonchev–Trinajstić information content (AvgIpc) is 2.62. The predicted octanol–water partition coefficient (Wildman–Crippen LogP) is 1.28. The second-order valence-corrected chi connectivity index (χ2v) is 4.52. The van der Waals surface area contributed by atoms with E-state index in [1.807, 2.05) is 27.0 Å². The lowest BCUT2D eigenvalue weighted by Gasteiger charge is -2.42. The maximum Gasteiger partial charge on any atom is 0.170 e. The van der Waals surface area contributed by atoms with E-state index in [1.54, 1.807) is 0 Å². The molecule has 2 unspecified atom stereocenters. The Balaban J connectivity index is 2.32. The fourth-order valence-corrected chi connectivity index (χ4v) is 2.26. The minimum absolute atomic E-state index is 0.0681. The van der Waals surface area contributed by atoms with Gasteiger partial charge in [0.05, 0.1) is 5.69 Å². The molecule has 0 radical (unpaired) electrons. The maximum atomic E-state index is 10.6. The van der Waals surface area contributed by atoms with Crippen LogP contribution in [0.25, 0.3) is 0 Å². The summed E-state index contributed by atoms with van der Waals surface area (Å²) in [4.78, 5) is 2.15. The second-order valence-electron chi connectivity index (χ2n) is 4.52. The van der Waals surface area contributed by atoms with E-state index in [1.165, 1.54) is 0 Å². The van der Waals surface area contributed by atoms with Crippen molar-refractivity contribution in [2.45, 2.75) is 38.3 Å². The van der Waals surface area contributed by atoms with Gasteiger partial charge in [0.15, 0.2) is 5.76 Å². The summed E-state index contributed by atoms with van der Waals surface area (Å²) in [5, 5.41) is 14.5. The van der Waals surface area contributed by atoms with E-state index in [4.69, 9.17) is 4.52 Å². The van der Waals surface area contributed by atoms with Crippen LogP contribution in [0.3, 0.4) is 0 Å². The van der Waals surface area contributed by atoms with Crippen molar-refractivity contribution in [3.05, 3.63) is 17.5 Å². The zero-order chi connectivity index (χ0) is 11.1. The van der Waals surface area contributed by atoms with Crippen molar-refractivity contribution in [3.63, 3.8) is 0 Å². The summed E-state index contributed by atoms with van der Waals surface area (Å²) in [6, 6.07) is 1.90. The molecule has 1 fully saturated rings. The quantitative estimate of drug-likeness (QED) is 0.758. The minimum atomic E-state index is -0.881. The topological polar surface area (TPSA) is 49.5 Å². The van der Waals surface area contributed by atoms with E-state index in [2.05, 4.69) is 10.1 Å². The van der Waals surface area contributed by atoms with Gasteiger partial charge in [-0.15, -0.1) is 0 Å². The van der Waals surface area contributed by atoms with Crippen molar-refractivity contribution < 1.29 is 9.63 Å². The first-order valence-corrected chi connectivity index (χ1v) is 5.40. The van der Waals surface area contributed by atoms with E-state index in [-0.39, 0.29) is 6.04 Å². The number of hydrogen-bond donors (Lipinski definition) is 1. The smallest absolute Gasteiger partial charge is 0.170 e. The number of nitrogens with zero attached hydrogens (tertiary/aromatic N) is 2. The van der Waals surface area contributed by atoms with Crippen molar-refractivity contribution in [1.82, 2.24) is 10.1 Å². The van der Waals surface area contributed by atoms with Crippen LogP contribution in [0.15, 0.2) is 10.6 Å². The number of likely N-dealkylation sites (N-methyl/N-ethyl adjacent to an activating group) is 1. The number of hydrogen-bond acceptors (Lipinski definition) is 4. The van der Waals surface area contributed by atoms with Gasteiger partial charge in [-0.1, -0.05) is 5.16 Å². The second kappa shape index (κ2) is 3.61. The molecule has 0 aliphatic carbocycles. The van der Waals surface area contributed by atoms with E-state index < -0.39 is 5.60 Å². The van der Waals surface area contributed by atoms with Gasteiger partial charge < -0.3 is 14.5 Å². The van der Waals surface area contributed by atoms with Gasteiger partial charge in [-0.3, -0.25) is 0 Å². The molecule has 0 amide bonds. The SMILES string of the molecule is Cc1cc(C2(O)CCCN(C)C2C)on1. The van der Waals surface area contributed by atoms with Crippen molar-refractivity contribution in [3.8, 4) is 0 Å². The van der Waals surface area contributed by atoms with Crippen LogP contribution in [0, 0.1) is 6.92 Å². The minimum Gasteiger partial charge on any atom is -0.380 e. The third-order valence-electron chi connectivity index (χ3n) is 3.48. The third-order valence-corrected chi connectivity index (χ3v) is 3.48. The summed E-state index contributed by atoms with van der Waals surface area (Å²) in [5.41, 5.74) is -0.0623. The third kappa shape index (κ3) is 1.68. The lowest BCUT2D eigenvalue weighted by atomic mass is 9.83. The van der Waals surface area contributed by atoms with Gasteiger partial charge in [0, 0.05) is 12.1 Å². The molecule has 1 aliphatic heterocycles. The highest BCUT2D eigenvalue weighted by Gasteiger charge is 2.43. The molecule has 0 bridgehead atoms. The Bertz CT molecular complexity index is 350. The maximum absolute atomic E-state index is 10.6. The molecule has 2 atom stereocenters. The summed E-state index contributed by atoms with van der Waals surface area (Å²) in [6.45, 7) is 4.92. The average molecular weight is 210 g/mol. The molecule has 1 saturated heterocycles. The number of aliphatic hydroxyl groups is 1. The van der Waals surface area contributed by atoms with Crippen LogP contribution in [-0.4, -0.2) is 34.8 Å². The molecular weight excluding hydrogens is 192 g/mol. The summed E-state index contributed by atoms with van der Waals surface area (Å²) >= 11 is 0. The highest BCUT2D eigenvalue weighted by atomic mass is 16.5. The van der Waals surface area contributed by atoms with E-state index in [9.17, 15) is 5.11 Å². The first-order valence-electron chi connectivity index (χ1n) is 5.40. The molecule has 4 heteroatoms. The Morgan fingerprint density at radius 2 is 2.40 bits per heavy atom. The van der Waals surface area contributed by atoms with Crippen molar-refractivity contribution in [1.29, 1.82) is 0 Å². The van der Waals surface area contributed by atoms with Crippen LogP contribution in [-0.2, 0) is 5.60 Å². The Morgan fingerprint density at radius 3 is 3.00 bits per heavy atom. The zero-order valence-corrected chi connectivity index (χ0v) is 9.53. The molecule has 0 spiro atoms. The molecule has 2 heterocycles. The van der Waals surface area contributed by atoms with E-state index in [0.717, 1.165) is 25.1 Å². The fraction of sp³-hybridized carbons (Fsp3) is 0.727. The fourth-order valence-electron chi connectivity index (χ4n) is 2.26. The molecule has 2 rings (SSSR count). The van der Waals surface area contributed by atoms with Crippen LogP contribution in [0.4, 0.5) is 0 Å². The Kier molecular flexibility index (Phi) is 2.56. The molecule has 0 aromatic carbocycles. The van der Waals surface area contributed by atoms with Gasteiger partial charge in [-0.05, 0) is 40.3 Å². The molecule has 4 nitrogen and oxygen atoms in total. The molecule has 1 aromatic heterocycles. The van der Waals surface area contributed by atoms with Gasteiger partial charge in [-0.25, -0.2) is 0 Å². The Hall–Kier alpha value is -0.870. The van der Waals surface area contributed by atoms with E-state index >= 15 is 0 Å². The lowest BCUT2D eigenvalue weighted by molar-refractivity contribution is -0.0877. The molecule has 15 heavy (non-hydrogen) atoms. The zero-order valence-electron chi connectivity index (χ0n) is 9.53. The van der Waals surface area contributed by atoms with Crippen LogP contribution in [0.1, 0.15) is 31.2 Å². The van der Waals surface area contributed by atoms with E-state index in [0.29, 0.717) is 5.76 Å². The molecule has 1 aliphatic rings. The van der Waals surface area contributed by atoms with Crippen molar-refractivity contribution >= 4 is 0 Å². The normalized spacial score (nSPS) is 33.2. The van der Waals surface area contributed by atoms with Crippen LogP contribution in [0.5, 0.6) is 0 Å². The van der Waals surface area contributed by atoms with Gasteiger partial charge in [0.1, 0.15) is 5.60 Å². The Morgan fingerprint density at radius 1 is 1.67 bits per heavy atom. The summed E-state index contributed by atoms with van der Waals surface area (Å²) in [7, 11) is 2.03. The number of piperidine rings is 1. The van der Waals surface area contributed by atoms with Gasteiger partial charge in [0.25, 0.3) is 0 Å². The Labute approximate surface area is 89.9 Å². The molecule has 84 valence electrons. The van der Waals surface area contributed by atoms with Crippen molar-refractivity contribution in [2.24, 2.45) is 0 Å². The lowest BCUT2D eigenvalue weighted by Crippen LogP contribution is -2.51. The van der Waals surface area contributed by atoms with Crippen LogP contribution in [0.2, 0.25) is 0 Å². The van der Waals surface area contributed by atoms with Crippen LogP contribution >= 0.6 is 0 Å². The first-order chi connectivity index (χ1) is 7.04. The van der Waals surface area contributed by atoms with Crippen LogP contribution < -0.4 is 0 Å². The molecule has 0 saturated carbocycles. The highest BCUT2D eigenvalue weighted by molar-refractivity contribution is 5.15. The molecule has 1 aromatic rings. The largest absolute Gasteiger partial charge is 0.380 e. The van der Waals surface area contributed by atoms with Gasteiger partial charge >= 0.3 is 0 Å². The molecule has 1 N–H and O–H groups in total. The highest BCUT2D eigenvalue weighted by Crippen LogP contribution is 2.36. The summed E-state index contributed by atoms with van der Waals surface area (Å²) < 4.78 is 5.20. The summed E-state index contributed by atoms with van der Waals surface area (Å²) in [5.74, 6) is 0.596. The standard InChI is InChI=1S/C11H18N2O2/c1-8-7-10(15-12-8)11(14)5-4-6-13(3)9(11)2/h7,9,14H,4-6H2,1-3H3. The number of aryl methyl sites for hydroxylation is 1. The molecular formula is C11H18N2O2. The predicted molar refractivity (Wildman–Crippen MR) is 56.5 cm³/mol. The number of rotatable bonds is 1. The summed E-state index contributed by atoms with van der Waals surface area (Å²) in [6.07, 6.45) is 1.73. The number of aromatic nitrogens is 1. The van der Waals surface area contributed by atoms with Gasteiger partial charge in [0.2, 0.25) is 0 Å². The number of likely N-dealkylation sites (tertiary alicyclic amines) is 1. The monoisotopic (exact) mass is 210 g/mol. The first kappa shape index (κ1) is 10.6. The van der Waals surface area contributed by atoms with Crippen molar-refractivity contribution in [2.75, 3.05) is 13.6 Å².